The van der Waals surface area contributed by atoms with Gasteiger partial charge in [-0.1, -0.05) is 12.1 Å². The van der Waals surface area contributed by atoms with Crippen molar-refractivity contribution in [2.24, 2.45) is 0 Å². The van der Waals surface area contributed by atoms with Crippen LogP contribution in [-0.4, -0.2) is 28.0 Å². The van der Waals surface area contributed by atoms with Gasteiger partial charge in [0.05, 0.1) is 17.2 Å². The van der Waals surface area contributed by atoms with Crippen molar-refractivity contribution >= 4 is 27.3 Å². The highest BCUT2D eigenvalue weighted by atomic mass is 32.2. The lowest BCUT2D eigenvalue weighted by atomic mass is 10.0. The molecule has 0 saturated heterocycles. The fraction of sp³-hybridized carbons (Fsp3) is 0.278. The van der Waals surface area contributed by atoms with Crippen molar-refractivity contribution in [3.05, 3.63) is 48.0 Å². The molecule has 0 unspecified atom stereocenters. The fourth-order valence-electron chi connectivity index (χ4n) is 2.84. The number of ether oxygens (including phenoxy) is 1. The third-order valence-corrected chi connectivity index (χ3v) is 5.50. The van der Waals surface area contributed by atoms with Gasteiger partial charge in [-0.2, -0.15) is 0 Å². The van der Waals surface area contributed by atoms with Crippen molar-refractivity contribution in [3.8, 4) is 5.75 Å². The predicted molar refractivity (Wildman–Crippen MR) is 96.6 cm³/mol. The molecule has 132 valence electrons. The highest BCUT2D eigenvalue weighted by Crippen LogP contribution is 2.31. The van der Waals surface area contributed by atoms with Crippen molar-refractivity contribution in [2.75, 3.05) is 23.3 Å². The van der Waals surface area contributed by atoms with Gasteiger partial charge in [-0.15, -0.1) is 0 Å². The Labute approximate surface area is 147 Å². The van der Waals surface area contributed by atoms with E-state index in [1.807, 2.05) is 6.92 Å². The molecular weight excluding hydrogens is 340 g/mol. The first kappa shape index (κ1) is 17.3. The molecule has 1 heterocycles. The third kappa shape index (κ3) is 3.46. The number of carbonyl (C=O) groups is 1. The average molecular weight is 360 g/mol. The average Bonchev–Trinajstić information content (AvgIpc) is 2.60. The number of carbonyl (C=O) groups excluding carboxylic acids is 1. The minimum Gasteiger partial charge on any atom is -0.492 e. The summed E-state index contributed by atoms with van der Waals surface area (Å²) in [4.78, 5) is 13.5. The molecule has 0 atom stereocenters. The van der Waals surface area contributed by atoms with Crippen LogP contribution in [0.5, 0.6) is 5.75 Å². The molecule has 0 aromatic heterocycles. The second-order valence-corrected chi connectivity index (χ2v) is 7.46. The van der Waals surface area contributed by atoms with Gasteiger partial charge >= 0.3 is 0 Å². The smallest absolute Gasteiger partial charge is 0.262 e. The lowest BCUT2D eigenvalue weighted by molar-refractivity contribution is -0.118. The van der Waals surface area contributed by atoms with Crippen molar-refractivity contribution < 1.29 is 17.9 Å². The number of hydrogen-bond acceptors (Lipinski definition) is 4. The van der Waals surface area contributed by atoms with Crippen molar-refractivity contribution in [1.82, 2.24) is 0 Å². The molecular formula is C18H20N2O4S. The summed E-state index contributed by atoms with van der Waals surface area (Å²) in [5.74, 6) is 0.517. The number of nitrogens with zero attached hydrogens (tertiary/aromatic N) is 1. The van der Waals surface area contributed by atoms with E-state index in [1.54, 1.807) is 48.3 Å². The summed E-state index contributed by atoms with van der Waals surface area (Å²) in [6, 6.07) is 11.7. The van der Waals surface area contributed by atoms with Crippen LogP contribution in [-0.2, 0) is 21.2 Å². The lowest BCUT2D eigenvalue weighted by Crippen LogP contribution is -2.31. The first-order chi connectivity index (χ1) is 11.9. The summed E-state index contributed by atoms with van der Waals surface area (Å²) in [7, 11) is -2.05. The molecule has 1 amide bonds. The number of hydrogen-bond donors (Lipinski definition) is 1. The Kier molecular flexibility index (Phi) is 4.67. The summed E-state index contributed by atoms with van der Waals surface area (Å²) in [5.41, 5.74) is 2.00. The van der Waals surface area contributed by atoms with E-state index < -0.39 is 10.0 Å². The van der Waals surface area contributed by atoms with Crippen molar-refractivity contribution in [2.45, 2.75) is 24.7 Å². The van der Waals surface area contributed by atoms with E-state index in [4.69, 9.17) is 4.74 Å². The highest BCUT2D eigenvalue weighted by Gasteiger charge is 2.24. The number of anilines is 2. The van der Waals surface area contributed by atoms with Crippen LogP contribution in [0.25, 0.3) is 0 Å². The van der Waals surface area contributed by atoms with Crippen LogP contribution in [0, 0.1) is 0 Å². The number of rotatable bonds is 5. The Balaban J connectivity index is 1.92. The molecule has 0 fully saturated rings. The van der Waals surface area contributed by atoms with Crippen molar-refractivity contribution in [3.63, 3.8) is 0 Å². The molecule has 2 aromatic rings. The molecule has 1 N–H and O–H groups in total. The van der Waals surface area contributed by atoms with Crippen LogP contribution in [0.4, 0.5) is 11.4 Å². The Morgan fingerprint density at radius 3 is 2.68 bits per heavy atom. The van der Waals surface area contributed by atoms with Crippen LogP contribution in [0.1, 0.15) is 18.9 Å². The normalized spacial score (nSPS) is 14.2. The largest absolute Gasteiger partial charge is 0.492 e. The van der Waals surface area contributed by atoms with E-state index in [1.165, 1.54) is 6.07 Å². The van der Waals surface area contributed by atoms with E-state index >= 15 is 0 Å². The highest BCUT2D eigenvalue weighted by molar-refractivity contribution is 7.92. The molecule has 0 bridgehead atoms. The zero-order valence-corrected chi connectivity index (χ0v) is 15.0. The van der Waals surface area contributed by atoms with E-state index in [0.29, 0.717) is 30.9 Å². The zero-order chi connectivity index (χ0) is 18.0. The second-order valence-electron chi connectivity index (χ2n) is 5.78. The predicted octanol–water partition coefficient (Wildman–Crippen LogP) is 2.80. The molecule has 3 rings (SSSR count). The van der Waals surface area contributed by atoms with Crippen LogP contribution < -0.4 is 14.4 Å². The molecule has 1 aliphatic heterocycles. The van der Waals surface area contributed by atoms with Crippen molar-refractivity contribution in [1.29, 1.82) is 0 Å². The Morgan fingerprint density at radius 1 is 1.16 bits per heavy atom. The first-order valence-corrected chi connectivity index (χ1v) is 9.55. The lowest BCUT2D eigenvalue weighted by Gasteiger charge is -2.26. The number of amides is 1. The standard InChI is InChI=1S/C18H20N2O4S/c1-3-24-17-7-5-4-6-15(17)19-25(22,23)14-9-10-16-13(12-14)8-11-18(21)20(16)2/h4-7,9-10,12,19H,3,8,11H2,1-2H3. The zero-order valence-electron chi connectivity index (χ0n) is 14.2. The van der Waals surface area contributed by atoms with E-state index in [2.05, 4.69) is 4.72 Å². The number of fused-ring (bicyclic) bond motifs is 1. The minimum absolute atomic E-state index is 0.0341. The maximum Gasteiger partial charge on any atom is 0.262 e. The maximum atomic E-state index is 12.7. The summed E-state index contributed by atoms with van der Waals surface area (Å²) in [6.07, 6.45) is 0.922. The first-order valence-electron chi connectivity index (χ1n) is 8.06. The second kappa shape index (κ2) is 6.76. The van der Waals surface area contributed by atoms with E-state index in [-0.39, 0.29) is 10.8 Å². The molecule has 25 heavy (non-hydrogen) atoms. The van der Waals surface area contributed by atoms with Gasteiger partial charge in [0.15, 0.2) is 0 Å². The SMILES string of the molecule is CCOc1ccccc1NS(=O)(=O)c1ccc2c(c1)CCC(=O)N2C. The summed E-state index contributed by atoms with van der Waals surface area (Å²) < 4.78 is 33.5. The van der Waals surface area contributed by atoms with Gasteiger partial charge in [-0.3, -0.25) is 9.52 Å². The number of aryl methyl sites for hydroxylation is 1. The molecule has 0 aliphatic carbocycles. The van der Waals surface area contributed by atoms with Gasteiger partial charge in [0.1, 0.15) is 5.75 Å². The molecule has 1 aliphatic rings. The topological polar surface area (TPSA) is 75.7 Å². The summed E-state index contributed by atoms with van der Waals surface area (Å²) in [6.45, 7) is 2.28. The fourth-order valence-corrected chi connectivity index (χ4v) is 3.96. The van der Waals surface area contributed by atoms with Crippen LogP contribution >= 0.6 is 0 Å². The van der Waals surface area contributed by atoms with Crippen LogP contribution in [0.2, 0.25) is 0 Å². The molecule has 0 radical (unpaired) electrons. The van der Waals surface area contributed by atoms with Crippen LogP contribution in [0.3, 0.4) is 0 Å². The van der Waals surface area contributed by atoms with Gasteiger partial charge in [-0.25, -0.2) is 8.42 Å². The number of nitrogens with one attached hydrogen (secondary N) is 1. The third-order valence-electron chi connectivity index (χ3n) is 4.14. The molecule has 7 heteroatoms. The maximum absolute atomic E-state index is 12.7. The molecule has 6 nitrogen and oxygen atoms in total. The number of para-hydroxylation sites is 2. The van der Waals surface area contributed by atoms with Gasteiger partial charge in [0, 0.05) is 19.2 Å². The summed E-state index contributed by atoms with van der Waals surface area (Å²) in [5, 5.41) is 0. The Hall–Kier alpha value is -2.54. The quantitative estimate of drug-likeness (QED) is 0.890. The Bertz CT molecular complexity index is 909. The molecule has 0 saturated carbocycles. The van der Waals surface area contributed by atoms with Crippen LogP contribution in [0.15, 0.2) is 47.4 Å². The van der Waals surface area contributed by atoms with E-state index in [9.17, 15) is 13.2 Å². The monoisotopic (exact) mass is 360 g/mol. The molecule has 2 aromatic carbocycles. The number of sulfonamides is 1. The van der Waals surface area contributed by atoms with Gasteiger partial charge in [-0.05, 0) is 49.2 Å². The number of benzene rings is 2. The van der Waals surface area contributed by atoms with E-state index in [0.717, 1.165) is 11.3 Å². The van der Waals surface area contributed by atoms with Gasteiger partial charge in [0.2, 0.25) is 5.91 Å². The minimum atomic E-state index is -3.75. The van der Waals surface area contributed by atoms with Gasteiger partial charge in [0.25, 0.3) is 10.0 Å². The molecule has 0 spiro atoms. The summed E-state index contributed by atoms with van der Waals surface area (Å²) >= 11 is 0. The van der Waals surface area contributed by atoms with Gasteiger partial charge < -0.3 is 9.64 Å². The Morgan fingerprint density at radius 2 is 1.92 bits per heavy atom.